The number of hydrogen-bond donors (Lipinski definition) is 2. The molecule has 0 unspecified atom stereocenters. The minimum Gasteiger partial charge on any atom is -0.310 e. The number of nitrogens with zero attached hydrogens (tertiary/aromatic N) is 2. The minimum absolute atomic E-state index is 0.480. The smallest absolute Gasteiger partial charge is 0.213 e. The van der Waals surface area contributed by atoms with Gasteiger partial charge in [-0.25, -0.2) is 4.98 Å². The van der Waals surface area contributed by atoms with E-state index >= 15 is 0 Å². The molecule has 0 fully saturated rings. The SMILES string of the molecule is Cc1nc(Sc2ccccc2CNC(C)C)n[nH]1. The van der Waals surface area contributed by atoms with Crippen LogP contribution in [0.1, 0.15) is 25.2 Å². The second-order valence-corrected chi connectivity index (χ2v) is 5.46. The van der Waals surface area contributed by atoms with Gasteiger partial charge in [0.15, 0.2) is 0 Å². The van der Waals surface area contributed by atoms with E-state index in [-0.39, 0.29) is 0 Å². The molecular weight excluding hydrogens is 244 g/mol. The van der Waals surface area contributed by atoms with Crippen LogP contribution in [0, 0.1) is 6.92 Å². The molecule has 1 aromatic heterocycles. The zero-order valence-corrected chi connectivity index (χ0v) is 11.7. The van der Waals surface area contributed by atoms with Crippen LogP contribution in [0.25, 0.3) is 0 Å². The highest BCUT2D eigenvalue weighted by atomic mass is 32.2. The van der Waals surface area contributed by atoms with Crippen LogP contribution in [-0.2, 0) is 6.54 Å². The van der Waals surface area contributed by atoms with Crippen LogP contribution in [0.4, 0.5) is 0 Å². The molecule has 2 N–H and O–H groups in total. The van der Waals surface area contributed by atoms with Crippen LogP contribution >= 0.6 is 11.8 Å². The average Bonchev–Trinajstić information content (AvgIpc) is 2.73. The molecule has 0 saturated heterocycles. The van der Waals surface area contributed by atoms with E-state index in [1.54, 1.807) is 11.8 Å². The summed E-state index contributed by atoms with van der Waals surface area (Å²) in [4.78, 5) is 5.52. The van der Waals surface area contributed by atoms with Crippen molar-refractivity contribution in [3.8, 4) is 0 Å². The fourth-order valence-electron chi connectivity index (χ4n) is 1.53. The highest BCUT2D eigenvalue weighted by Gasteiger charge is 2.07. The highest BCUT2D eigenvalue weighted by molar-refractivity contribution is 7.99. The summed E-state index contributed by atoms with van der Waals surface area (Å²) in [5.74, 6) is 0.843. The third-order valence-corrected chi connectivity index (χ3v) is 3.43. The molecule has 0 amide bonds. The highest BCUT2D eigenvalue weighted by Crippen LogP contribution is 2.27. The summed E-state index contributed by atoms with van der Waals surface area (Å²) in [6.45, 7) is 7.07. The van der Waals surface area contributed by atoms with Gasteiger partial charge in [-0.15, -0.1) is 5.10 Å². The molecule has 0 radical (unpaired) electrons. The number of nitrogens with one attached hydrogen (secondary N) is 2. The Morgan fingerprint density at radius 3 is 2.78 bits per heavy atom. The molecular formula is C13H18N4S. The van der Waals surface area contributed by atoms with Gasteiger partial charge in [0.1, 0.15) is 5.82 Å². The summed E-state index contributed by atoms with van der Waals surface area (Å²) in [6, 6.07) is 8.82. The van der Waals surface area contributed by atoms with Crippen LogP contribution in [-0.4, -0.2) is 21.2 Å². The van der Waals surface area contributed by atoms with Gasteiger partial charge in [-0.2, -0.15) is 0 Å². The van der Waals surface area contributed by atoms with Crippen molar-refractivity contribution >= 4 is 11.8 Å². The molecule has 0 bridgehead atoms. The lowest BCUT2D eigenvalue weighted by atomic mass is 10.2. The van der Waals surface area contributed by atoms with Crippen LogP contribution in [0.5, 0.6) is 0 Å². The van der Waals surface area contributed by atoms with E-state index in [9.17, 15) is 0 Å². The molecule has 96 valence electrons. The van der Waals surface area contributed by atoms with Crippen molar-refractivity contribution < 1.29 is 0 Å². The first-order valence-corrected chi connectivity index (χ1v) is 6.85. The van der Waals surface area contributed by atoms with Crippen molar-refractivity contribution in [2.45, 2.75) is 43.4 Å². The molecule has 0 aliphatic carbocycles. The molecule has 0 spiro atoms. The van der Waals surface area contributed by atoms with Gasteiger partial charge in [-0.3, -0.25) is 5.10 Å². The van der Waals surface area contributed by atoms with Crippen molar-refractivity contribution in [3.05, 3.63) is 35.7 Å². The number of H-pyrrole nitrogens is 1. The van der Waals surface area contributed by atoms with Gasteiger partial charge < -0.3 is 5.32 Å². The Bertz CT molecular complexity index is 507. The number of hydrogen-bond acceptors (Lipinski definition) is 4. The van der Waals surface area contributed by atoms with Crippen LogP contribution < -0.4 is 5.32 Å². The van der Waals surface area contributed by atoms with Crippen molar-refractivity contribution in [3.63, 3.8) is 0 Å². The van der Waals surface area contributed by atoms with Crippen molar-refractivity contribution in [2.24, 2.45) is 0 Å². The second kappa shape index (κ2) is 6.02. The lowest BCUT2D eigenvalue weighted by molar-refractivity contribution is 0.584. The number of rotatable bonds is 5. The largest absolute Gasteiger partial charge is 0.310 e. The molecule has 2 rings (SSSR count). The predicted octanol–water partition coefficient (Wildman–Crippen LogP) is 2.76. The topological polar surface area (TPSA) is 53.6 Å². The third-order valence-electron chi connectivity index (χ3n) is 2.45. The first kappa shape index (κ1) is 13.1. The average molecular weight is 262 g/mol. The Labute approximate surface area is 112 Å². The molecule has 0 atom stereocenters. The molecule has 5 heteroatoms. The maximum absolute atomic E-state index is 4.32. The van der Waals surface area contributed by atoms with E-state index in [0.29, 0.717) is 6.04 Å². The normalized spacial score (nSPS) is 11.1. The van der Waals surface area contributed by atoms with E-state index in [0.717, 1.165) is 17.5 Å². The maximum atomic E-state index is 4.32. The van der Waals surface area contributed by atoms with E-state index < -0.39 is 0 Å². The summed E-state index contributed by atoms with van der Waals surface area (Å²) in [5.41, 5.74) is 1.28. The molecule has 18 heavy (non-hydrogen) atoms. The lowest BCUT2D eigenvalue weighted by Gasteiger charge is -2.11. The second-order valence-electron chi connectivity index (χ2n) is 4.45. The molecule has 2 aromatic rings. The lowest BCUT2D eigenvalue weighted by Crippen LogP contribution is -2.22. The zero-order valence-electron chi connectivity index (χ0n) is 10.9. The quantitative estimate of drug-likeness (QED) is 0.870. The minimum atomic E-state index is 0.480. The van der Waals surface area contributed by atoms with E-state index in [1.807, 2.05) is 13.0 Å². The summed E-state index contributed by atoms with van der Waals surface area (Å²) in [7, 11) is 0. The van der Waals surface area contributed by atoms with Crippen LogP contribution in [0.2, 0.25) is 0 Å². The number of aromatic nitrogens is 3. The molecule has 0 aliphatic heterocycles. The molecule has 0 saturated carbocycles. The summed E-state index contributed by atoms with van der Waals surface area (Å²) in [6.07, 6.45) is 0. The van der Waals surface area contributed by atoms with Crippen molar-refractivity contribution in [2.75, 3.05) is 0 Å². The molecule has 1 heterocycles. The summed E-state index contributed by atoms with van der Waals surface area (Å²) >= 11 is 1.59. The Hall–Kier alpha value is -1.33. The molecule has 1 aromatic carbocycles. The van der Waals surface area contributed by atoms with Gasteiger partial charge in [0, 0.05) is 17.5 Å². The fraction of sp³-hybridized carbons (Fsp3) is 0.385. The van der Waals surface area contributed by atoms with Gasteiger partial charge in [0.25, 0.3) is 0 Å². The monoisotopic (exact) mass is 262 g/mol. The standard InChI is InChI=1S/C13H18N4S/c1-9(2)14-8-11-6-4-5-7-12(11)18-13-15-10(3)16-17-13/h4-7,9,14H,8H2,1-3H3,(H,15,16,17). The number of aromatic amines is 1. The molecule has 0 aliphatic rings. The van der Waals surface area contributed by atoms with E-state index in [1.165, 1.54) is 10.5 Å². The van der Waals surface area contributed by atoms with Gasteiger partial charge >= 0.3 is 0 Å². The Morgan fingerprint density at radius 1 is 1.33 bits per heavy atom. The van der Waals surface area contributed by atoms with Gasteiger partial charge in [0.2, 0.25) is 5.16 Å². The first-order valence-electron chi connectivity index (χ1n) is 6.03. The van der Waals surface area contributed by atoms with Gasteiger partial charge in [-0.05, 0) is 30.3 Å². The Kier molecular flexibility index (Phi) is 4.38. The van der Waals surface area contributed by atoms with Crippen molar-refractivity contribution in [1.29, 1.82) is 0 Å². The number of benzene rings is 1. The van der Waals surface area contributed by atoms with Gasteiger partial charge in [0.05, 0.1) is 0 Å². The van der Waals surface area contributed by atoms with Crippen molar-refractivity contribution in [1.82, 2.24) is 20.5 Å². The van der Waals surface area contributed by atoms with Gasteiger partial charge in [-0.1, -0.05) is 32.0 Å². The fourth-order valence-corrected chi connectivity index (χ4v) is 2.42. The Balaban J connectivity index is 2.11. The zero-order chi connectivity index (χ0) is 13.0. The van der Waals surface area contributed by atoms with E-state index in [2.05, 4.69) is 52.5 Å². The Morgan fingerprint density at radius 2 is 2.11 bits per heavy atom. The van der Waals surface area contributed by atoms with E-state index in [4.69, 9.17) is 0 Å². The maximum Gasteiger partial charge on any atom is 0.213 e. The van der Waals surface area contributed by atoms with Crippen LogP contribution in [0.15, 0.2) is 34.3 Å². The summed E-state index contributed by atoms with van der Waals surface area (Å²) < 4.78 is 0. The molecule has 4 nitrogen and oxygen atoms in total. The van der Waals surface area contributed by atoms with Crippen LogP contribution in [0.3, 0.4) is 0 Å². The number of aryl methyl sites for hydroxylation is 1. The summed E-state index contributed by atoms with van der Waals surface area (Å²) in [5, 5.41) is 11.2. The first-order chi connectivity index (χ1) is 8.65. The predicted molar refractivity (Wildman–Crippen MR) is 73.7 cm³/mol. The third kappa shape index (κ3) is 3.58.